The predicted molar refractivity (Wildman–Crippen MR) is 65.0 cm³/mol. The molecule has 0 spiro atoms. The minimum absolute atomic E-state index is 0. The molecule has 1 heterocycles. The van der Waals surface area contributed by atoms with Gasteiger partial charge in [0.05, 0.1) is 7.11 Å². The summed E-state index contributed by atoms with van der Waals surface area (Å²) in [5, 5.41) is 3.85. The molecule has 3 nitrogen and oxygen atoms in total. The highest BCUT2D eigenvalue weighted by molar-refractivity contribution is 6.30. The van der Waals surface area contributed by atoms with Crippen LogP contribution in [0.4, 0.5) is 0 Å². The molecule has 0 aromatic heterocycles. The van der Waals surface area contributed by atoms with E-state index in [1.54, 1.807) is 0 Å². The first-order valence-corrected chi connectivity index (χ1v) is 5.17. The summed E-state index contributed by atoms with van der Waals surface area (Å²) in [5.41, 5.74) is 2.32. The smallest absolute Gasteiger partial charge is 0.323 e. The Labute approximate surface area is 106 Å². The molecule has 16 heavy (non-hydrogen) atoms. The molecule has 1 atom stereocenters. The number of benzene rings is 1. The lowest BCUT2D eigenvalue weighted by atomic mass is 9.96. The summed E-state index contributed by atoms with van der Waals surface area (Å²) >= 11 is 5.88. The Morgan fingerprint density at radius 3 is 2.94 bits per heavy atom. The Morgan fingerprint density at radius 1 is 1.50 bits per heavy atom. The first-order valence-electron chi connectivity index (χ1n) is 4.79. The van der Waals surface area contributed by atoms with E-state index in [0.717, 1.165) is 16.1 Å². The monoisotopic (exact) mass is 261 g/mol. The van der Waals surface area contributed by atoms with E-state index in [0.29, 0.717) is 13.0 Å². The number of rotatable bonds is 1. The van der Waals surface area contributed by atoms with Crippen LogP contribution in [0.15, 0.2) is 18.2 Å². The van der Waals surface area contributed by atoms with Crippen molar-refractivity contribution in [2.24, 2.45) is 0 Å². The normalized spacial score (nSPS) is 18.2. The van der Waals surface area contributed by atoms with E-state index in [9.17, 15) is 4.79 Å². The molecule has 1 aliphatic rings. The lowest BCUT2D eigenvalue weighted by Gasteiger charge is -2.24. The van der Waals surface area contributed by atoms with Gasteiger partial charge in [0.2, 0.25) is 0 Å². The van der Waals surface area contributed by atoms with Gasteiger partial charge in [0.25, 0.3) is 0 Å². The molecule has 1 N–H and O–H groups in total. The molecule has 2 rings (SSSR count). The van der Waals surface area contributed by atoms with Crippen molar-refractivity contribution in [2.75, 3.05) is 7.11 Å². The third-order valence-electron chi connectivity index (χ3n) is 2.62. The van der Waals surface area contributed by atoms with Crippen molar-refractivity contribution in [1.29, 1.82) is 0 Å². The number of nitrogens with one attached hydrogen (secondary N) is 1. The van der Waals surface area contributed by atoms with Crippen LogP contribution in [0.25, 0.3) is 0 Å². The summed E-state index contributed by atoms with van der Waals surface area (Å²) in [4.78, 5) is 11.3. The number of esters is 1. The first kappa shape index (κ1) is 13.3. The Morgan fingerprint density at radius 2 is 2.25 bits per heavy atom. The van der Waals surface area contributed by atoms with Gasteiger partial charge >= 0.3 is 5.97 Å². The zero-order chi connectivity index (χ0) is 10.8. The Bertz CT molecular complexity index is 396. The largest absolute Gasteiger partial charge is 0.468 e. The van der Waals surface area contributed by atoms with Gasteiger partial charge in [0.15, 0.2) is 0 Å². The van der Waals surface area contributed by atoms with Gasteiger partial charge in [0, 0.05) is 11.6 Å². The van der Waals surface area contributed by atoms with Gasteiger partial charge in [-0.1, -0.05) is 17.7 Å². The van der Waals surface area contributed by atoms with E-state index in [4.69, 9.17) is 16.3 Å². The van der Waals surface area contributed by atoms with Crippen molar-refractivity contribution >= 4 is 30.0 Å². The number of fused-ring (bicyclic) bond motifs is 1. The maximum absolute atomic E-state index is 11.3. The fraction of sp³-hybridized carbons (Fsp3) is 0.364. The molecule has 88 valence electrons. The van der Waals surface area contributed by atoms with Crippen molar-refractivity contribution in [2.45, 2.75) is 19.0 Å². The molecule has 0 saturated heterocycles. The maximum Gasteiger partial charge on any atom is 0.323 e. The molecule has 0 unspecified atom stereocenters. The zero-order valence-electron chi connectivity index (χ0n) is 8.83. The maximum atomic E-state index is 11.3. The van der Waals surface area contributed by atoms with Gasteiger partial charge in [-0.15, -0.1) is 12.4 Å². The van der Waals surface area contributed by atoms with Crippen LogP contribution < -0.4 is 5.32 Å². The third-order valence-corrected chi connectivity index (χ3v) is 2.85. The van der Waals surface area contributed by atoms with Crippen molar-refractivity contribution in [3.63, 3.8) is 0 Å². The predicted octanol–water partition coefficient (Wildman–Crippen LogP) is 1.95. The molecule has 0 saturated carbocycles. The number of ether oxygens (including phenoxy) is 1. The van der Waals surface area contributed by atoms with Crippen LogP contribution in [0.5, 0.6) is 0 Å². The quantitative estimate of drug-likeness (QED) is 0.786. The Balaban J connectivity index is 0.00000128. The molecule has 5 heteroatoms. The summed E-state index contributed by atoms with van der Waals surface area (Å²) in [7, 11) is 1.40. The number of hydrogen-bond donors (Lipinski definition) is 1. The molecule has 0 radical (unpaired) electrons. The Hall–Kier alpha value is -0.770. The highest BCUT2D eigenvalue weighted by Gasteiger charge is 2.24. The zero-order valence-corrected chi connectivity index (χ0v) is 10.4. The molecular weight excluding hydrogens is 249 g/mol. The second-order valence-electron chi connectivity index (χ2n) is 3.57. The average Bonchev–Trinajstić information content (AvgIpc) is 2.27. The lowest BCUT2D eigenvalue weighted by Crippen LogP contribution is -2.42. The fourth-order valence-electron chi connectivity index (χ4n) is 1.79. The van der Waals surface area contributed by atoms with Gasteiger partial charge < -0.3 is 10.1 Å². The Kier molecular flexibility index (Phi) is 4.59. The van der Waals surface area contributed by atoms with Gasteiger partial charge in [-0.2, -0.15) is 0 Å². The summed E-state index contributed by atoms with van der Waals surface area (Å²) < 4.78 is 4.70. The molecule has 0 amide bonds. The standard InChI is InChI=1S/C11H12ClNO2.ClH/c1-15-11(14)10-5-7-2-3-9(12)4-8(7)6-13-10;/h2-4,10,13H,5-6H2,1H3;1H/t10-;/m0./s1. The van der Waals surface area contributed by atoms with E-state index >= 15 is 0 Å². The molecular formula is C11H13Cl2NO2. The van der Waals surface area contributed by atoms with Crippen molar-refractivity contribution < 1.29 is 9.53 Å². The van der Waals surface area contributed by atoms with Gasteiger partial charge in [-0.05, 0) is 29.7 Å². The number of methoxy groups -OCH3 is 1. The molecule has 1 aromatic rings. The number of halogens is 2. The highest BCUT2D eigenvalue weighted by Crippen LogP contribution is 2.21. The minimum atomic E-state index is -0.233. The molecule has 0 fully saturated rings. The molecule has 0 aliphatic carbocycles. The van der Waals surface area contributed by atoms with E-state index in [-0.39, 0.29) is 24.4 Å². The summed E-state index contributed by atoms with van der Waals surface area (Å²) in [6, 6.07) is 5.51. The SMILES string of the molecule is COC(=O)[C@@H]1Cc2ccc(Cl)cc2CN1.Cl. The topological polar surface area (TPSA) is 38.3 Å². The van der Waals surface area contributed by atoms with Crippen molar-refractivity contribution in [1.82, 2.24) is 5.32 Å². The molecule has 1 aliphatic heterocycles. The fourth-order valence-corrected chi connectivity index (χ4v) is 1.99. The summed E-state index contributed by atoms with van der Waals surface area (Å²) in [6.07, 6.45) is 0.666. The van der Waals surface area contributed by atoms with E-state index < -0.39 is 0 Å². The van der Waals surface area contributed by atoms with E-state index in [1.807, 2.05) is 18.2 Å². The van der Waals surface area contributed by atoms with Crippen LogP contribution in [0, 0.1) is 0 Å². The second kappa shape index (κ2) is 5.53. The summed E-state index contributed by atoms with van der Waals surface area (Å²) in [6.45, 7) is 0.662. The van der Waals surface area contributed by atoms with E-state index in [2.05, 4.69) is 5.32 Å². The average molecular weight is 262 g/mol. The van der Waals surface area contributed by atoms with Crippen LogP contribution >= 0.6 is 24.0 Å². The molecule has 0 bridgehead atoms. The molecule has 1 aromatic carbocycles. The van der Waals surface area contributed by atoms with Crippen LogP contribution in [-0.2, 0) is 22.5 Å². The summed E-state index contributed by atoms with van der Waals surface area (Å²) in [5.74, 6) is -0.212. The first-order chi connectivity index (χ1) is 7.20. The van der Waals surface area contributed by atoms with Crippen molar-refractivity contribution in [3.8, 4) is 0 Å². The van der Waals surface area contributed by atoms with Crippen LogP contribution in [-0.4, -0.2) is 19.1 Å². The lowest BCUT2D eigenvalue weighted by molar-refractivity contribution is -0.143. The van der Waals surface area contributed by atoms with Gasteiger partial charge in [-0.25, -0.2) is 0 Å². The minimum Gasteiger partial charge on any atom is -0.468 e. The van der Waals surface area contributed by atoms with Crippen LogP contribution in [0.3, 0.4) is 0 Å². The second-order valence-corrected chi connectivity index (χ2v) is 4.01. The number of carbonyl (C=O) groups is 1. The third kappa shape index (κ3) is 2.67. The highest BCUT2D eigenvalue weighted by atomic mass is 35.5. The van der Waals surface area contributed by atoms with Crippen molar-refractivity contribution in [3.05, 3.63) is 34.3 Å². The van der Waals surface area contributed by atoms with Crippen LogP contribution in [0.1, 0.15) is 11.1 Å². The van der Waals surface area contributed by atoms with Crippen LogP contribution in [0.2, 0.25) is 5.02 Å². The van der Waals surface area contributed by atoms with E-state index in [1.165, 1.54) is 7.11 Å². The van der Waals surface area contributed by atoms with Gasteiger partial charge in [0.1, 0.15) is 6.04 Å². The number of carbonyl (C=O) groups excluding carboxylic acids is 1. The number of hydrogen-bond acceptors (Lipinski definition) is 3. The van der Waals surface area contributed by atoms with Gasteiger partial charge in [-0.3, -0.25) is 4.79 Å².